The van der Waals surface area contributed by atoms with E-state index in [0.717, 1.165) is 5.69 Å². The Labute approximate surface area is 172 Å². The van der Waals surface area contributed by atoms with E-state index < -0.39 is 5.91 Å². The smallest absolute Gasteiger partial charge is 0.287 e. The quantitative estimate of drug-likeness (QED) is 0.469. The minimum Gasteiger partial charge on any atom is -0.508 e. The lowest BCUT2D eigenvalue weighted by Crippen LogP contribution is -2.18. The van der Waals surface area contributed by atoms with Gasteiger partial charge in [-0.05, 0) is 41.8 Å². The molecule has 0 bridgehead atoms. The number of phenolic OH excluding ortho intramolecular Hbond substituents is 2. The SMILES string of the molecule is CC(C)c1cc(-c2nnc(C(N)=O)n2-c2ccc(-n3ccnc3)cc2)c(O)cc1O. The Kier molecular flexibility index (Phi) is 4.71. The summed E-state index contributed by atoms with van der Waals surface area (Å²) in [6.45, 7) is 3.84. The van der Waals surface area contributed by atoms with Crippen molar-refractivity contribution >= 4 is 5.91 Å². The summed E-state index contributed by atoms with van der Waals surface area (Å²) >= 11 is 0. The standard InChI is InChI=1S/C21H20N6O3/c1-12(2)15-9-16(18(29)10-17(15)28)20-24-25-21(19(22)30)27(20)14-5-3-13(4-6-14)26-8-7-23-11-26/h3-12,28-29H,1-2H3,(H2,22,30). The molecule has 0 fully saturated rings. The number of nitrogens with two attached hydrogens (primary N) is 1. The highest BCUT2D eigenvalue weighted by atomic mass is 16.3. The number of benzene rings is 2. The van der Waals surface area contributed by atoms with Gasteiger partial charge in [0.25, 0.3) is 5.91 Å². The molecular weight excluding hydrogens is 384 g/mol. The second kappa shape index (κ2) is 7.36. The van der Waals surface area contributed by atoms with Gasteiger partial charge in [-0.1, -0.05) is 13.8 Å². The Morgan fingerprint density at radius 3 is 2.33 bits per heavy atom. The van der Waals surface area contributed by atoms with Crippen LogP contribution >= 0.6 is 0 Å². The number of rotatable bonds is 5. The molecule has 0 radical (unpaired) electrons. The predicted molar refractivity (Wildman–Crippen MR) is 110 cm³/mol. The van der Waals surface area contributed by atoms with Crippen LogP contribution in [0.2, 0.25) is 0 Å². The van der Waals surface area contributed by atoms with Gasteiger partial charge in [0.1, 0.15) is 11.5 Å². The van der Waals surface area contributed by atoms with Crippen molar-refractivity contribution in [2.24, 2.45) is 5.73 Å². The van der Waals surface area contributed by atoms with Gasteiger partial charge in [-0.25, -0.2) is 4.98 Å². The van der Waals surface area contributed by atoms with Crippen molar-refractivity contribution in [1.82, 2.24) is 24.3 Å². The van der Waals surface area contributed by atoms with E-state index in [1.54, 1.807) is 30.7 Å². The molecule has 2 heterocycles. The summed E-state index contributed by atoms with van der Waals surface area (Å²) in [7, 11) is 0. The Hall–Kier alpha value is -4.14. The molecule has 0 aliphatic heterocycles. The molecule has 0 spiro atoms. The third-order valence-electron chi connectivity index (χ3n) is 4.80. The average molecular weight is 404 g/mol. The monoisotopic (exact) mass is 404 g/mol. The van der Waals surface area contributed by atoms with Crippen LogP contribution in [0.3, 0.4) is 0 Å². The number of carbonyl (C=O) groups excluding carboxylic acids is 1. The number of carbonyl (C=O) groups is 1. The molecule has 0 unspecified atom stereocenters. The Morgan fingerprint density at radius 1 is 1.03 bits per heavy atom. The van der Waals surface area contributed by atoms with Crippen molar-refractivity contribution in [3.8, 4) is 34.3 Å². The molecule has 0 saturated heterocycles. The number of aromatic nitrogens is 5. The fourth-order valence-electron chi connectivity index (χ4n) is 3.28. The molecule has 0 saturated carbocycles. The maximum absolute atomic E-state index is 12.0. The van der Waals surface area contributed by atoms with Crippen molar-refractivity contribution in [3.05, 3.63) is 66.5 Å². The van der Waals surface area contributed by atoms with E-state index >= 15 is 0 Å². The predicted octanol–water partition coefficient (Wildman–Crippen LogP) is 2.75. The van der Waals surface area contributed by atoms with Gasteiger partial charge in [0.15, 0.2) is 5.82 Å². The van der Waals surface area contributed by atoms with Crippen LogP contribution < -0.4 is 5.73 Å². The second-order valence-corrected chi connectivity index (χ2v) is 7.12. The van der Waals surface area contributed by atoms with Gasteiger partial charge in [0, 0.05) is 29.8 Å². The number of nitrogens with zero attached hydrogens (tertiary/aromatic N) is 5. The molecule has 4 rings (SSSR count). The third kappa shape index (κ3) is 3.26. The molecule has 0 aliphatic carbocycles. The molecule has 152 valence electrons. The fourth-order valence-corrected chi connectivity index (χ4v) is 3.28. The van der Waals surface area contributed by atoms with Crippen LogP contribution in [-0.2, 0) is 0 Å². The van der Waals surface area contributed by atoms with Crippen LogP contribution in [0.25, 0.3) is 22.8 Å². The van der Waals surface area contributed by atoms with E-state index in [-0.39, 0.29) is 29.1 Å². The Balaban J connectivity index is 1.89. The van der Waals surface area contributed by atoms with E-state index in [9.17, 15) is 15.0 Å². The van der Waals surface area contributed by atoms with E-state index in [1.807, 2.05) is 36.7 Å². The van der Waals surface area contributed by atoms with Gasteiger partial charge in [-0.3, -0.25) is 9.36 Å². The number of hydrogen-bond donors (Lipinski definition) is 3. The minimum atomic E-state index is -0.755. The molecule has 2 aromatic heterocycles. The number of hydrogen-bond acceptors (Lipinski definition) is 6. The normalized spacial score (nSPS) is 11.2. The molecule has 9 nitrogen and oxygen atoms in total. The highest BCUT2D eigenvalue weighted by molar-refractivity contribution is 5.91. The molecular formula is C21H20N6O3. The van der Waals surface area contributed by atoms with Crippen molar-refractivity contribution in [3.63, 3.8) is 0 Å². The van der Waals surface area contributed by atoms with Crippen molar-refractivity contribution in [1.29, 1.82) is 0 Å². The lowest BCUT2D eigenvalue weighted by molar-refractivity contribution is 0.0988. The second-order valence-electron chi connectivity index (χ2n) is 7.12. The Bertz CT molecular complexity index is 1210. The van der Waals surface area contributed by atoms with Gasteiger partial charge in [0.05, 0.1) is 11.9 Å². The zero-order valence-electron chi connectivity index (χ0n) is 16.4. The Morgan fingerprint density at radius 2 is 1.73 bits per heavy atom. The van der Waals surface area contributed by atoms with Crippen LogP contribution in [0, 0.1) is 0 Å². The molecule has 4 N–H and O–H groups in total. The van der Waals surface area contributed by atoms with Crippen molar-refractivity contribution in [2.45, 2.75) is 19.8 Å². The number of primary amides is 1. The highest BCUT2D eigenvalue weighted by Crippen LogP contribution is 2.38. The maximum atomic E-state index is 12.0. The van der Waals surface area contributed by atoms with Crippen LogP contribution in [0.5, 0.6) is 11.5 Å². The summed E-state index contributed by atoms with van der Waals surface area (Å²) in [4.78, 5) is 16.0. The summed E-state index contributed by atoms with van der Waals surface area (Å²) in [5.41, 5.74) is 7.94. The first kappa shape index (κ1) is 19.2. The van der Waals surface area contributed by atoms with E-state index in [2.05, 4.69) is 15.2 Å². The van der Waals surface area contributed by atoms with Crippen molar-refractivity contribution < 1.29 is 15.0 Å². The zero-order valence-corrected chi connectivity index (χ0v) is 16.4. The van der Waals surface area contributed by atoms with Gasteiger partial charge >= 0.3 is 0 Å². The van der Waals surface area contributed by atoms with Gasteiger partial charge in [0.2, 0.25) is 5.82 Å². The third-order valence-corrected chi connectivity index (χ3v) is 4.80. The number of phenols is 2. The lowest BCUT2D eigenvalue weighted by Gasteiger charge is -2.14. The highest BCUT2D eigenvalue weighted by Gasteiger charge is 2.23. The van der Waals surface area contributed by atoms with E-state index in [4.69, 9.17) is 5.73 Å². The lowest BCUT2D eigenvalue weighted by atomic mass is 9.98. The summed E-state index contributed by atoms with van der Waals surface area (Å²) < 4.78 is 3.32. The average Bonchev–Trinajstić information content (AvgIpc) is 3.38. The van der Waals surface area contributed by atoms with Crippen LogP contribution in [0.15, 0.2) is 55.1 Å². The van der Waals surface area contributed by atoms with Crippen molar-refractivity contribution in [2.75, 3.05) is 0 Å². The molecule has 4 aromatic rings. The molecule has 1 amide bonds. The van der Waals surface area contributed by atoms with Gasteiger partial charge in [-0.2, -0.15) is 0 Å². The molecule has 0 aliphatic rings. The molecule has 9 heteroatoms. The maximum Gasteiger partial charge on any atom is 0.287 e. The van der Waals surface area contributed by atoms with Gasteiger partial charge < -0.3 is 20.5 Å². The van der Waals surface area contributed by atoms with Crippen LogP contribution in [0.4, 0.5) is 0 Å². The topological polar surface area (TPSA) is 132 Å². The van der Waals surface area contributed by atoms with Crippen LogP contribution in [0.1, 0.15) is 35.9 Å². The first-order valence-corrected chi connectivity index (χ1v) is 9.27. The summed E-state index contributed by atoms with van der Waals surface area (Å²) in [5, 5.41) is 28.7. The summed E-state index contributed by atoms with van der Waals surface area (Å²) in [6, 6.07) is 10.2. The minimum absolute atomic E-state index is 0.00537. The van der Waals surface area contributed by atoms with E-state index in [0.29, 0.717) is 16.8 Å². The zero-order chi connectivity index (χ0) is 21.4. The van der Waals surface area contributed by atoms with Crippen LogP contribution in [-0.4, -0.2) is 40.4 Å². The summed E-state index contributed by atoms with van der Waals surface area (Å²) in [5.74, 6) is -0.785. The molecule has 30 heavy (non-hydrogen) atoms. The fraction of sp³-hybridized carbons (Fsp3) is 0.143. The number of amides is 1. The molecule has 0 atom stereocenters. The van der Waals surface area contributed by atoms with E-state index in [1.165, 1.54) is 10.6 Å². The molecule has 2 aromatic carbocycles. The first-order chi connectivity index (χ1) is 14.4. The number of imidazole rings is 1. The largest absolute Gasteiger partial charge is 0.508 e. The van der Waals surface area contributed by atoms with Gasteiger partial charge in [-0.15, -0.1) is 10.2 Å². The first-order valence-electron chi connectivity index (χ1n) is 9.27. The number of aromatic hydroxyl groups is 2. The summed E-state index contributed by atoms with van der Waals surface area (Å²) in [6.07, 6.45) is 5.17.